The van der Waals surface area contributed by atoms with Crippen LogP contribution in [0.4, 0.5) is 4.39 Å². The molecule has 0 N–H and O–H groups in total. The molecule has 0 aromatic heterocycles. The Hall–Kier alpha value is -1.29. The van der Waals surface area contributed by atoms with Gasteiger partial charge in [-0.05, 0) is 18.2 Å². The van der Waals surface area contributed by atoms with Gasteiger partial charge in [0.1, 0.15) is 11.6 Å². The largest absolute Gasteiger partial charge is 0.495 e. The van der Waals surface area contributed by atoms with Gasteiger partial charge in [-0.2, -0.15) is 0 Å². The Morgan fingerprint density at radius 1 is 1.14 bits per heavy atom. The van der Waals surface area contributed by atoms with Crippen molar-refractivity contribution in [2.45, 2.75) is 6.42 Å². The first-order chi connectivity index (χ1) is 9.93. The van der Waals surface area contributed by atoms with E-state index in [0.29, 0.717) is 5.75 Å². The summed E-state index contributed by atoms with van der Waals surface area (Å²) in [4.78, 5) is 12.3. The average Bonchev–Trinajstić information content (AvgIpc) is 2.44. The Balaban J connectivity index is 2.35. The summed E-state index contributed by atoms with van der Waals surface area (Å²) in [5.41, 5.74) is 0.328. The van der Waals surface area contributed by atoms with Crippen molar-refractivity contribution in [3.05, 3.63) is 62.3 Å². The van der Waals surface area contributed by atoms with Crippen molar-refractivity contribution >= 4 is 40.6 Å². The van der Waals surface area contributed by atoms with Crippen LogP contribution < -0.4 is 4.74 Å². The number of benzene rings is 2. The highest BCUT2D eigenvalue weighted by molar-refractivity contribution is 6.37. The molecule has 0 aliphatic rings. The van der Waals surface area contributed by atoms with Crippen LogP contribution in [0.15, 0.2) is 30.3 Å². The van der Waals surface area contributed by atoms with E-state index in [1.54, 1.807) is 0 Å². The number of ether oxygens (including phenoxy) is 1. The van der Waals surface area contributed by atoms with Crippen LogP contribution >= 0.6 is 34.8 Å². The van der Waals surface area contributed by atoms with Crippen molar-refractivity contribution < 1.29 is 13.9 Å². The Labute approximate surface area is 136 Å². The quantitative estimate of drug-likeness (QED) is 0.709. The first-order valence-electron chi connectivity index (χ1n) is 5.93. The third kappa shape index (κ3) is 3.49. The predicted molar refractivity (Wildman–Crippen MR) is 82.5 cm³/mol. The van der Waals surface area contributed by atoms with Gasteiger partial charge in [-0.25, -0.2) is 4.39 Å². The number of ketones is 1. The molecular weight excluding hydrogens is 338 g/mol. The maximum Gasteiger partial charge on any atom is 0.168 e. The molecular formula is C15H10Cl3FO2. The molecule has 110 valence electrons. The normalized spacial score (nSPS) is 10.5. The molecule has 6 heteroatoms. The van der Waals surface area contributed by atoms with Crippen LogP contribution in [0.25, 0.3) is 0 Å². The second-order valence-electron chi connectivity index (χ2n) is 4.27. The van der Waals surface area contributed by atoms with Crippen LogP contribution in [0.5, 0.6) is 5.75 Å². The molecule has 0 unspecified atom stereocenters. The predicted octanol–water partition coefficient (Wildman–Crippen LogP) is 5.22. The van der Waals surface area contributed by atoms with E-state index >= 15 is 0 Å². The molecule has 2 aromatic carbocycles. The van der Waals surface area contributed by atoms with Crippen LogP contribution in [0.2, 0.25) is 15.1 Å². The van der Waals surface area contributed by atoms with Gasteiger partial charge in [-0.1, -0.05) is 40.9 Å². The lowest BCUT2D eigenvalue weighted by atomic mass is 10.0. The molecule has 0 saturated carbocycles. The highest BCUT2D eigenvalue weighted by Crippen LogP contribution is 2.32. The van der Waals surface area contributed by atoms with Crippen LogP contribution in [-0.4, -0.2) is 12.9 Å². The molecule has 0 radical (unpaired) electrons. The van der Waals surface area contributed by atoms with Gasteiger partial charge < -0.3 is 4.74 Å². The Kier molecular flexibility index (Phi) is 5.09. The zero-order valence-corrected chi connectivity index (χ0v) is 13.2. The highest BCUT2D eigenvalue weighted by Gasteiger charge is 2.18. The number of hydrogen-bond acceptors (Lipinski definition) is 2. The van der Waals surface area contributed by atoms with Crippen molar-refractivity contribution in [1.82, 2.24) is 0 Å². The molecule has 0 aliphatic heterocycles. The number of hydrogen-bond donors (Lipinski definition) is 0. The molecule has 0 fully saturated rings. The summed E-state index contributed by atoms with van der Waals surface area (Å²) < 4.78 is 18.7. The van der Waals surface area contributed by atoms with E-state index in [1.807, 2.05) is 0 Å². The van der Waals surface area contributed by atoms with Crippen LogP contribution in [0.3, 0.4) is 0 Å². The summed E-state index contributed by atoms with van der Waals surface area (Å²) in [7, 11) is 1.44. The van der Waals surface area contributed by atoms with Gasteiger partial charge in [-0.3, -0.25) is 4.79 Å². The standard InChI is InChI=1S/C15H10Cl3FO2/c1-21-15-7-11(17)9(5-12(15)18)14(20)6-8-10(16)3-2-4-13(8)19/h2-5,7H,6H2,1H3. The van der Waals surface area contributed by atoms with E-state index < -0.39 is 5.82 Å². The van der Waals surface area contributed by atoms with Crippen molar-refractivity contribution in [2.24, 2.45) is 0 Å². The summed E-state index contributed by atoms with van der Waals surface area (Å²) in [6.07, 6.45) is -0.201. The molecule has 2 rings (SSSR count). The van der Waals surface area contributed by atoms with Crippen LogP contribution in [0.1, 0.15) is 15.9 Å². The lowest BCUT2D eigenvalue weighted by Crippen LogP contribution is -2.07. The van der Waals surface area contributed by atoms with Crippen LogP contribution in [0, 0.1) is 5.82 Å². The third-order valence-corrected chi connectivity index (χ3v) is 3.90. The van der Waals surface area contributed by atoms with Gasteiger partial charge in [-0.15, -0.1) is 0 Å². The number of rotatable bonds is 4. The van der Waals surface area contributed by atoms with Crippen molar-refractivity contribution in [3.8, 4) is 5.75 Å². The number of Topliss-reactive ketones (excluding diaryl/α,β-unsaturated/α-hetero) is 1. The molecule has 21 heavy (non-hydrogen) atoms. The molecule has 2 aromatic rings. The van der Waals surface area contributed by atoms with E-state index in [1.165, 1.54) is 37.4 Å². The fourth-order valence-corrected chi connectivity index (χ4v) is 2.59. The topological polar surface area (TPSA) is 26.3 Å². The SMILES string of the molecule is COc1cc(Cl)c(C(=O)Cc2c(F)cccc2Cl)cc1Cl. The minimum Gasteiger partial charge on any atom is -0.495 e. The van der Waals surface area contributed by atoms with Crippen molar-refractivity contribution in [2.75, 3.05) is 7.11 Å². The first-order valence-corrected chi connectivity index (χ1v) is 7.06. The maximum absolute atomic E-state index is 13.7. The minimum atomic E-state index is -0.536. The van der Waals surface area contributed by atoms with Gasteiger partial charge in [0.2, 0.25) is 0 Å². The zero-order chi connectivity index (χ0) is 15.6. The molecule has 0 amide bonds. The molecule has 0 aliphatic carbocycles. The molecule has 0 bridgehead atoms. The molecule has 0 saturated heterocycles. The fourth-order valence-electron chi connectivity index (χ4n) is 1.86. The number of carbonyl (C=O) groups is 1. The van der Waals surface area contributed by atoms with Gasteiger partial charge in [0.15, 0.2) is 5.78 Å². The summed E-state index contributed by atoms with van der Waals surface area (Å²) >= 11 is 17.9. The first kappa shape index (κ1) is 16.1. The van der Waals surface area contributed by atoms with E-state index in [-0.39, 0.29) is 38.4 Å². The lowest BCUT2D eigenvalue weighted by molar-refractivity contribution is 0.0992. The minimum absolute atomic E-state index is 0.132. The third-order valence-electron chi connectivity index (χ3n) is 2.94. The van der Waals surface area contributed by atoms with E-state index in [2.05, 4.69) is 0 Å². The van der Waals surface area contributed by atoms with Crippen LogP contribution in [-0.2, 0) is 6.42 Å². The maximum atomic E-state index is 13.7. The van der Waals surface area contributed by atoms with E-state index in [4.69, 9.17) is 39.5 Å². The second-order valence-corrected chi connectivity index (χ2v) is 5.49. The molecule has 0 atom stereocenters. The lowest BCUT2D eigenvalue weighted by Gasteiger charge is -2.09. The Morgan fingerprint density at radius 3 is 2.48 bits per heavy atom. The smallest absolute Gasteiger partial charge is 0.168 e. The van der Waals surface area contributed by atoms with Crippen molar-refractivity contribution in [3.63, 3.8) is 0 Å². The van der Waals surface area contributed by atoms with Gasteiger partial charge in [0, 0.05) is 28.6 Å². The fraction of sp³-hybridized carbons (Fsp3) is 0.133. The van der Waals surface area contributed by atoms with Crippen molar-refractivity contribution in [1.29, 1.82) is 0 Å². The van der Waals surface area contributed by atoms with E-state index in [0.717, 1.165) is 0 Å². The number of methoxy groups -OCH3 is 1. The molecule has 0 spiro atoms. The van der Waals surface area contributed by atoms with E-state index in [9.17, 15) is 9.18 Å². The summed E-state index contributed by atoms with van der Waals surface area (Å²) in [5, 5.41) is 0.637. The second kappa shape index (κ2) is 6.65. The molecule has 2 nitrogen and oxygen atoms in total. The average molecular weight is 348 g/mol. The summed E-state index contributed by atoms with van der Waals surface area (Å²) in [6, 6.07) is 7.09. The Morgan fingerprint density at radius 2 is 1.86 bits per heavy atom. The highest BCUT2D eigenvalue weighted by atomic mass is 35.5. The zero-order valence-electron chi connectivity index (χ0n) is 10.9. The number of carbonyl (C=O) groups excluding carboxylic acids is 1. The summed E-state index contributed by atoms with van der Waals surface area (Å²) in [6.45, 7) is 0. The van der Waals surface area contributed by atoms with Gasteiger partial charge >= 0.3 is 0 Å². The summed E-state index contributed by atoms with van der Waals surface area (Å²) in [5.74, 6) is -0.551. The monoisotopic (exact) mass is 346 g/mol. The Bertz CT molecular complexity index is 681. The van der Waals surface area contributed by atoms with Gasteiger partial charge in [0.25, 0.3) is 0 Å². The number of halogens is 4. The molecule has 0 heterocycles. The van der Waals surface area contributed by atoms with Gasteiger partial charge in [0.05, 0.1) is 17.2 Å².